The zero-order valence-electron chi connectivity index (χ0n) is 21.3. The molecule has 1 N–H and O–H groups in total. The summed E-state index contributed by atoms with van der Waals surface area (Å²) in [6, 6.07) is 19.4. The fraction of sp³-hybridized carbons (Fsp3) is 0.172. The van der Waals surface area contributed by atoms with Gasteiger partial charge in [0.25, 0.3) is 0 Å². The number of aromatic nitrogens is 1. The molecule has 0 bridgehead atoms. The van der Waals surface area contributed by atoms with Gasteiger partial charge in [-0.25, -0.2) is 4.90 Å². The van der Waals surface area contributed by atoms with Crippen LogP contribution in [0.25, 0.3) is 0 Å². The molecular weight excluding hydrogens is 611 g/mol. The molecule has 1 saturated heterocycles. The molecule has 0 spiro atoms. The minimum Gasteiger partial charge on any atom is -0.325 e. The number of benzene rings is 3. The van der Waals surface area contributed by atoms with Crippen LogP contribution in [-0.2, 0) is 27.1 Å². The molecule has 13 heteroatoms. The number of carbonyl (C=O) groups excluding carboxylic acids is 3. The van der Waals surface area contributed by atoms with Crippen molar-refractivity contribution < 1.29 is 27.6 Å². The minimum absolute atomic E-state index is 0.176. The van der Waals surface area contributed by atoms with E-state index >= 15 is 0 Å². The molecule has 1 aromatic heterocycles. The summed E-state index contributed by atoms with van der Waals surface area (Å²) in [4.78, 5) is 54.6. The Morgan fingerprint density at radius 2 is 1.64 bits per heavy atom. The molecule has 3 atom stereocenters. The lowest BCUT2D eigenvalue weighted by Crippen LogP contribution is -2.33. The van der Waals surface area contributed by atoms with Crippen LogP contribution in [-0.4, -0.2) is 27.5 Å². The van der Waals surface area contributed by atoms with E-state index < -0.39 is 51.4 Å². The van der Waals surface area contributed by atoms with Crippen LogP contribution in [0, 0.1) is 5.92 Å². The SMILES string of the molecule is O=C(Cn1c2c(sc1=O)[C@H](c1ccccc1)C1C(=O)N(c3cccc(C(F)(F)F)c3)C(=O)C1S2)Nc1ccc(Cl)cc1. The third-order valence-corrected chi connectivity index (χ3v) is 9.93. The summed E-state index contributed by atoms with van der Waals surface area (Å²) in [7, 11) is 0. The maximum absolute atomic E-state index is 13.9. The molecule has 42 heavy (non-hydrogen) atoms. The molecule has 0 aliphatic carbocycles. The Labute approximate surface area is 249 Å². The zero-order chi connectivity index (χ0) is 29.8. The number of alkyl halides is 3. The van der Waals surface area contributed by atoms with Crippen LogP contribution < -0.4 is 15.1 Å². The number of fused-ring (bicyclic) bond motifs is 2. The molecule has 2 aliphatic rings. The van der Waals surface area contributed by atoms with Crippen LogP contribution in [0.3, 0.4) is 0 Å². The molecule has 3 amide bonds. The summed E-state index contributed by atoms with van der Waals surface area (Å²) in [6.45, 7) is -0.349. The first kappa shape index (κ1) is 28.3. The van der Waals surface area contributed by atoms with Gasteiger partial charge in [-0.05, 0) is 48.0 Å². The number of nitrogens with one attached hydrogen (secondary N) is 1. The first-order valence-electron chi connectivity index (χ1n) is 12.6. The van der Waals surface area contributed by atoms with Crippen molar-refractivity contribution in [2.45, 2.75) is 28.9 Å². The van der Waals surface area contributed by atoms with Gasteiger partial charge in [-0.2, -0.15) is 13.2 Å². The van der Waals surface area contributed by atoms with Crippen LogP contribution in [0.4, 0.5) is 24.5 Å². The highest BCUT2D eigenvalue weighted by Gasteiger charge is 2.57. The molecule has 3 heterocycles. The van der Waals surface area contributed by atoms with Crippen molar-refractivity contribution in [2.75, 3.05) is 10.2 Å². The van der Waals surface area contributed by atoms with Crippen LogP contribution >= 0.6 is 34.7 Å². The molecule has 4 aromatic rings. The first-order valence-corrected chi connectivity index (χ1v) is 14.7. The van der Waals surface area contributed by atoms with Gasteiger partial charge in [-0.15, -0.1) is 0 Å². The standard InChI is InChI=1S/C29H19ClF3N3O4S2/c30-17-9-11-18(12-10-17)34-20(37)14-35-27-24(42-28(35)40)21(15-5-2-1-3-6-15)22-23(41-27)26(39)36(25(22)38)19-8-4-7-16(13-19)29(31,32)33/h1-13,21-23H,14H2,(H,34,37)/t21-,22?,23?/m1/s1. The maximum Gasteiger partial charge on any atom is 0.416 e. The number of rotatable bonds is 5. The number of halogens is 4. The van der Waals surface area contributed by atoms with Gasteiger partial charge in [0, 0.05) is 21.5 Å². The molecule has 0 saturated carbocycles. The highest BCUT2D eigenvalue weighted by atomic mass is 35.5. The van der Waals surface area contributed by atoms with E-state index in [9.17, 15) is 32.3 Å². The topological polar surface area (TPSA) is 88.5 Å². The molecule has 6 rings (SSSR count). The number of hydrogen-bond donors (Lipinski definition) is 1. The predicted molar refractivity (Wildman–Crippen MR) is 154 cm³/mol. The average Bonchev–Trinajstić information content (AvgIpc) is 3.40. The van der Waals surface area contributed by atoms with E-state index in [-0.39, 0.29) is 12.2 Å². The number of anilines is 2. The number of thiazole rings is 1. The van der Waals surface area contributed by atoms with Gasteiger partial charge in [0.2, 0.25) is 17.7 Å². The van der Waals surface area contributed by atoms with Crippen molar-refractivity contribution in [2.24, 2.45) is 5.92 Å². The molecule has 214 valence electrons. The minimum atomic E-state index is -4.66. The van der Waals surface area contributed by atoms with E-state index in [1.54, 1.807) is 54.6 Å². The second-order valence-electron chi connectivity index (χ2n) is 9.69. The summed E-state index contributed by atoms with van der Waals surface area (Å²) in [5, 5.41) is 2.55. The molecule has 2 unspecified atom stereocenters. The molecule has 0 radical (unpaired) electrons. The number of thioether (sulfide) groups is 1. The highest BCUT2D eigenvalue weighted by molar-refractivity contribution is 8.00. The molecule has 7 nitrogen and oxygen atoms in total. The predicted octanol–water partition coefficient (Wildman–Crippen LogP) is 6.02. The third-order valence-electron chi connectivity index (χ3n) is 7.07. The Hall–Kier alpha value is -3.87. The molecule has 2 aliphatic heterocycles. The average molecular weight is 630 g/mol. The Kier molecular flexibility index (Phi) is 7.24. The first-order chi connectivity index (χ1) is 20.0. The highest BCUT2D eigenvalue weighted by Crippen LogP contribution is 2.54. The molecular formula is C29H19ClF3N3O4S2. The Balaban J connectivity index is 1.39. The van der Waals surface area contributed by atoms with Crippen LogP contribution in [0.2, 0.25) is 5.02 Å². The smallest absolute Gasteiger partial charge is 0.325 e. The van der Waals surface area contributed by atoms with E-state index in [1.807, 2.05) is 0 Å². The normalized spacial score (nSPS) is 19.9. The second kappa shape index (κ2) is 10.8. The molecule has 1 fully saturated rings. The van der Waals surface area contributed by atoms with E-state index in [0.29, 0.717) is 26.2 Å². The number of nitrogens with zero attached hydrogens (tertiary/aromatic N) is 2. The van der Waals surface area contributed by atoms with E-state index in [0.717, 1.165) is 46.2 Å². The summed E-state index contributed by atoms with van der Waals surface area (Å²) in [5.41, 5.74) is -0.0167. The van der Waals surface area contributed by atoms with Gasteiger partial charge in [0.15, 0.2) is 0 Å². The Morgan fingerprint density at radius 1 is 0.929 bits per heavy atom. The largest absolute Gasteiger partial charge is 0.416 e. The van der Waals surface area contributed by atoms with Crippen molar-refractivity contribution in [1.82, 2.24) is 4.57 Å². The van der Waals surface area contributed by atoms with Crippen LogP contribution in [0.5, 0.6) is 0 Å². The van der Waals surface area contributed by atoms with Crippen molar-refractivity contribution in [3.63, 3.8) is 0 Å². The summed E-state index contributed by atoms with van der Waals surface area (Å²) >= 11 is 7.78. The van der Waals surface area contributed by atoms with E-state index in [4.69, 9.17) is 11.6 Å². The summed E-state index contributed by atoms with van der Waals surface area (Å²) < 4.78 is 41.6. The van der Waals surface area contributed by atoms with Crippen molar-refractivity contribution in [1.29, 1.82) is 0 Å². The number of hydrogen-bond acceptors (Lipinski definition) is 6. The van der Waals surface area contributed by atoms with Gasteiger partial charge in [-0.1, -0.05) is 71.1 Å². The third kappa shape index (κ3) is 5.03. The van der Waals surface area contributed by atoms with E-state index in [2.05, 4.69) is 5.32 Å². The van der Waals surface area contributed by atoms with Gasteiger partial charge < -0.3 is 5.32 Å². The van der Waals surface area contributed by atoms with Gasteiger partial charge in [0.05, 0.1) is 22.2 Å². The number of imide groups is 1. The fourth-order valence-corrected chi connectivity index (χ4v) is 8.13. The fourth-order valence-electron chi connectivity index (χ4n) is 5.23. The van der Waals surface area contributed by atoms with Crippen molar-refractivity contribution in [3.05, 3.63) is 110 Å². The van der Waals surface area contributed by atoms with Gasteiger partial charge in [-0.3, -0.25) is 23.7 Å². The van der Waals surface area contributed by atoms with Crippen molar-refractivity contribution in [3.8, 4) is 0 Å². The van der Waals surface area contributed by atoms with Gasteiger partial charge in [0.1, 0.15) is 11.8 Å². The molecule has 3 aromatic carbocycles. The Morgan fingerprint density at radius 3 is 2.33 bits per heavy atom. The lowest BCUT2D eigenvalue weighted by molar-refractivity contribution is -0.137. The maximum atomic E-state index is 13.9. The monoisotopic (exact) mass is 629 g/mol. The van der Waals surface area contributed by atoms with Crippen LogP contribution in [0.1, 0.15) is 21.9 Å². The zero-order valence-corrected chi connectivity index (χ0v) is 23.7. The quantitative estimate of drug-likeness (QED) is 0.273. The Bertz CT molecular complexity index is 1770. The lowest BCUT2D eigenvalue weighted by atomic mass is 9.83. The lowest BCUT2D eigenvalue weighted by Gasteiger charge is -2.30. The van der Waals surface area contributed by atoms with Gasteiger partial charge >= 0.3 is 11.0 Å². The number of amides is 3. The van der Waals surface area contributed by atoms with E-state index in [1.165, 1.54) is 10.6 Å². The van der Waals surface area contributed by atoms with Crippen molar-refractivity contribution >= 4 is 63.8 Å². The summed E-state index contributed by atoms with van der Waals surface area (Å²) in [6.07, 6.45) is -4.66. The van der Waals surface area contributed by atoms with Crippen LogP contribution in [0.15, 0.2) is 88.7 Å². The number of carbonyl (C=O) groups is 3. The summed E-state index contributed by atoms with van der Waals surface area (Å²) in [5.74, 6) is -3.52. The second-order valence-corrected chi connectivity index (χ2v) is 12.3.